The van der Waals surface area contributed by atoms with Crippen LogP contribution in [0.5, 0.6) is 0 Å². The van der Waals surface area contributed by atoms with Gasteiger partial charge in [-0.25, -0.2) is 0 Å². The molecule has 0 aliphatic carbocycles. The van der Waals surface area contributed by atoms with E-state index in [9.17, 15) is 9.90 Å². The Morgan fingerprint density at radius 3 is 2.67 bits per heavy atom. The van der Waals surface area contributed by atoms with Gasteiger partial charge in [0.05, 0.1) is 11.1 Å². The first-order valence-corrected chi connectivity index (χ1v) is 9.07. The van der Waals surface area contributed by atoms with Gasteiger partial charge in [0.15, 0.2) is 0 Å². The third-order valence-electron chi connectivity index (χ3n) is 4.72. The Morgan fingerprint density at radius 1 is 1.22 bits per heavy atom. The lowest BCUT2D eigenvalue weighted by molar-refractivity contribution is 0.0415. The van der Waals surface area contributed by atoms with Crippen molar-refractivity contribution in [2.75, 3.05) is 13.2 Å². The molecular weight excluding hydrogens is 342 g/mol. The maximum absolute atomic E-state index is 12.3. The molecule has 27 heavy (non-hydrogen) atoms. The molecule has 0 unspecified atom stereocenters. The Balaban J connectivity index is 1.72. The van der Waals surface area contributed by atoms with Crippen molar-refractivity contribution in [2.24, 2.45) is 0 Å². The molecule has 3 rings (SSSR count). The van der Waals surface area contributed by atoms with Crippen molar-refractivity contribution in [3.63, 3.8) is 0 Å². The number of fused-ring (bicyclic) bond motifs is 1. The molecule has 0 bridgehead atoms. The van der Waals surface area contributed by atoms with Crippen molar-refractivity contribution in [2.45, 2.75) is 32.3 Å². The molecule has 1 heterocycles. The van der Waals surface area contributed by atoms with Crippen molar-refractivity contribution in [3.8, 4) is 11.3 Å². The van der Waals surface area contributed by atoms with Crippen LogP contribution in [-0.2, 0) is 0 Å². The number of hydrogen-bond acceptors (Lipinski definition) is 4. The minimum atomic E-state index is -1.04. The van der Waals surface area contributed by atoms with Crippen molar-refractivity contribution in [3.05, 3.63) is 53.6 Å². The second kappa shape index (κ2) is 7.90. The molecule has 1 aromatic heterocycles. The highest BCUT2D eigenvalue weighted by Gasteiger charge is 2.21. The molecule has 2 aromatic carbocycles. The Morgan fingerprint density at radius 2 is 1.96 bits per heavy atom. The first-order chi connectivity index (χ1) is 12.9. The van der Waals surface area contributed by atoms with Crippen molar-refractivity contribution in [1.82, 2.24) is 15.5 Å². The maximum Gasteiger partial charge on any atom is 0.251 e. The van der Waals surface area contributed by atoms with Gasteiger partial charge in [0.25, 0.3) is 5.91 Å². The summed E-state index contributed by atoms with van der Waals surface area (Å²) in [6, 6.07) is 13.3. The fraction of sp³-hybridized carbons (Fsp3) is 0.333. The van der Waals surface area contributed by atoms with Gasteiger partial charge in [0, 0.05) is 29.7 Å². The summed E-state index contributed by atoms with van der Waals surface area (Å²) in [6.07, 6.45) is 0.920. The van der Waals surface area contributed by atoms with E-state index in [1.807, 2.05) is 37.3 Å². The fourth-order valence-corrected chi connectivity index (χ4v) is 3.16. The van der Waals surface area contributed by atoms with E-state index in [1.54, 1.807) is 19.1 Å². The lowest BCUT2D eigenvalue weighted by Gasteiger charge is -2.23. The standard InChI is InChI=1S/C21H25N3O3/c1-14-5-3-6-17-18(14)19(24-23-17)15-7-9-16(10-8-15)20(26)22-13-21(2,27)11-4-12-25/h3,5-10,25,27H,4,11-13H2,1-2H3,(H,22,26)(H,23,24)/t21-/m0/s1. The fourth-order valence-electron chi connectivity index (χ4n) is 3.16. The number of aliphatic hydroxyl groups excluding tert-OH is 1. The second-order valence-electron chi connectivity index (χ2n) is 7.15. The molecule has 0 aliphatic rings. The number of nitrogens with zero attached hydrogens (tertiary/aromatic N) is 1. The number of nitrogens with one attached hydrogen (secondary N) is 2. The van der Waals surface area contributed by atoms with Gasteiger partial charge in [-0.1, -0.05) is 24.3 Å². The van der Waals surface area contributed by atoms with Crippen molar-refractivity contribution < 1.29 is 15.0 Å². The predicted octanol–water partition coefficient (Wildman–Crippen LogP) is 2.79. The van der Waals surface area contributed by atoms with Crippen molar-refractivity contribution in [1.29, 1.82) is 0 Å². The number of hydrogen-bond donors (Lipinski definition) is 4. The number of aliphatic hydroxyl groups is 2. The van der Waals surface area contributed by atoms with Crippen LogP contribution in [0, 0.1) is 6.92 Å². The highest BCUT2D eigenvalue weighted by Crippen LogP contribution is 2.28. The van der Waals surface area contributed by atoms with Gasteiger partial charge in [-0.15, -0.1) is 0 Å². The van der Waals surface area contributed by atoms with E-state index < -0.39 is 5.60 Å². The molecule has 0 spiro atoms. The van der Waals surface area contributed by atoms with Crippen LogP contribution in [0.3, 0.4) is 0 Å². The Labute approximate surface area is 158 Å². The number of benzene rings is 2. The number of aromatic nitrogens is 2. The van der Waals surface area contributed by atoms with Gasteiger partial charge in [-0.05, 0) is 50.5 Å². The molecule has 0 saturated carbocycles. The molecule has 142 valence electrons. The summed E-state index contributed by atoms with van der Waals surface area (Å²) in [6.45, 7) is 3.85. The van der Waals surface area contributed by atoms with Gasteiger partial charge in [0.1, 0.15) is 5.69 Å². The number of rotatable bonds is 7. The average molecular weight is 367 g/mol. The average Bonchev–Trinajstić information content (AvgIpc) is 3.10. The zero-order chi connectivity index (χ0) is 19.4. The number of H-pyrrole nitrogens is 1. The molecule has 6 heteroatoms. The normalized spacial score (nSPS) is 13.5. The van der Waals surface area contributed by atoms with Crippen LogP contribution in [0.1, 0.15) is 35.7 Å². The van der Waals surface area contributed by atoms with Gasteiger partial charge in [-0.2, -0.15) is 5.10 Å². The van der Waals surface area contributed by atoms with E-state index in [2.05, 4.69) is 15.5 Å². The molecule has 0 radical (unpaired) electrons. The number of aryl methyl sites for hydroxylation is 1. The smallest absolute Gasteiger partial charge is 0.251 e. The molecule has 0 fully saturated rings. The zero-order valence-corrected chi connectivity index (χ0v) is 15.6. The Bertz CT molecular complexity index is 929. The summed E-state index contributed by atoms with van der Waals surface area (Å²) in [4.78, 5) is 12.3. The van der Waals surface area contributed by atoms with E-state index in [1.165, 1.54) is 0 Å². The van der Waals surface area contributed by atoms with Gasteiger partial charge < -0.3 is 15.5 Å². The maximum atomic E-state index is 12.3. The van der Waals surface area contributed by atoms with E-state index in [4.69, 9.17) is 5.11 Å². The van der Waals surface area contributed by atoms with Crippen LogP contribution in [0.25, 0.3) is 22.2 Å². The lowest BCUT2D eigenvalue weighted by Crippen LogP contribution is -2.40. The summed E-state index contributed by atoms with van der Waals surface area (Å²) in [5, 5.41) is 30.4. The topological polar surface area (TPSA) is 98.2 Å². The van der Waals surface area contributed by atoms with Crippen LogP contribution >= 0.6 is 0 Å². The third kappa shape index (κ3) is 4.35. The zero-order valence-electron chi connectivity index (χ0n) is 15.6. The highest BCUT2D eigenvalue weighted by atomic mass is 16.3. The second-order valence-corrected chi connectivity index (χ2v) is 7.15. The molecule has 0 aliphatic heterocycles. The first-order valence-electron chi connectivity index (χ1n) is 9.07. The molecule has 4 N–H and O–H groups in total. The molecule has 3 aromatic rings. The van der Waals surface area contributed by atoms with Crippen LogP contribution in [-0.4, -0.2) is 45.1 Å². The quantitative estimate of drug-likeness (QED) is 0.516. The summed E-state index contributed by atoms with van der Waals surface area (Å²) < 4.78 is 0. The monoisotopic (exact) mass is 367 g/mol. The molecular formula is C21H25N3O3. The van der Waals surface area contributed by atoms with Crippen molar-refractivity contribution >= 4 is 16.8 Å². The third-order valence-corrected chi connectivity index (χ3v) is 4.72. The van der Waals surface area contributed by atoms with E-state index >= 15 is 0 Å². The Hall–Kier alpha value is -2.70. The predicted molar refractivity (Wildman–Crippen MR) is 106 cm³/mol. The minimum absolute atomic E-state index is 0.0207. The van der Waals surface area contributed by atoms with Crippen LogP contribution in [0.4, 0.5) is 0 Å². The lowest BCUT2D eigenvalue weighted by atomic mass is 10.00. The van der Waals surface area contributed by atoms with Crippen LogP contribution in [0.2, 0.25) is 0 Å². The molecule has 1 amide bonds. The van der Waals surface area contributed by atoms with Gasteiger partial charge >= 0.3 is 0 Å². The SMILES string of the molecule is Cc1cccc2[nH]nc(-c3ccc(C(=O)NC[C@@](C)(O)CCCO)cc3)c12. The van der Waals surface area contributed by atoms with E-state index in [-0.39, 0.29) is 19.1 Å². The molecule has 6 nitrogen and oxygen atoms in total. The number of amides is 1. The minimum Gasteiger partial charge on any atom is -0.396 e. The summed E-state index contributed by atoms with van der Waals surface area (Å²) in [5.41, 5.74) is 3.40. The number of aromatic amines is 1. The summed E-state index contributed by atoms with van der Waals surface area (Å²) in [5.74, 6) is -0.242. The van der Waals surface area contributed by atoms with Crippen LogP contribution in [0.15, 0.2) is 42.5 Å². The van der Waals surface area contributed by atoms with Gasteiger partial charge in [0.2, 0.25) is 0 Å². The Kier molecular flexibility index (Phi) is 5.58. The number of carbonyl (C=O) groups excluding carboxylic acids is 1. The van der Waals surface area contributed by atoms with E-state index in [0.29, 0.717) is 18.4 Å². The van der Waals surface area contributed by atoms with Gasteiger partial charge in [-0.3, -0.25) is 9.89 Å². The van der Waals surface area contributed by atoms with E-state index in [0.717, 1.165) is 27.7 Å². The largest absolute Gasteiger partial charge is 0.396 e. The summed E-state index contributed by atoms with van der Waals surface area (Å²) in [7, 11) is 0. The molecule has 0 saturated heterocycles. The molecule has 1 atom stereocenters. The highest BCUT2D eigenvalue weighted by molar-refractivity contribution is 5.97. The first kappa shape index (κ1) is 19.1. The summed E-state index contributed by atoms with van der Waals surface area (Å²) >= 11 is 0. The van der Waals surface area contributed by atoms with Crippen LogP contribution < -0.4 is 5.32 Å². The number of carbonyl (C=O) groups is 1.